The standard InChI is InChI=1S/C13H11F3N2O/c1-8-5-6-18-12(11(8)17)19-10-4-2-3-9(7-10)13(14,15)16/h2-7H,17H2,1H3. The molecule has 2 aromatic rings. The smallest absolute Gasteiger partial charge is 0.416 e. The number of nitrogens with two attached hydrogens (primary N) is 1. The summed E-state index contributed by atoms with van der Waals surface area (Å²) in [6, 6.07) is 6.25. The first kappa shape index (κ1) is 13.2. The van der Waals surface area contributed by atoms with Gasteiger partial charge < -0.3 is 10.5 Å². The molecule has 0 aliphatic heterocycles. The number of aryl methyl sites for hydroxylation is 1. The molecule has 0 aliphatic carbocycles. The number of ether oxygens (including phenoxy) is 1. The van der Waals surface area contributed by atoms with Crippen LogP contribution < -0.4 is 10.5 Å². The highest BCUT2D eigenvalue weighted by atomic mass is 19.4. The molecule has 0 fully saturated rings. The van der Waals surface area contributed by atoms with E-state index >= 15 is 0 Å². The van der Waals surface area contributed by atoms with Crippen LogP contribution in [0.2, 0.25) is 0 Å². The Morgan fingerprint density at radius 2 is 1.95 bits per heavy atom. The number of hydrogen-bond acceptors (Lipinski definition) is 3. The van der Waals surface area contributed by atoms with E-state index in [1.165, 1.54) is 18.3 Å². The van der Waals surface area contributed by atoms with E-state index in [2.05, 4.69) is 4.98 Å². The van der Waals surface area contributed by atoms with E-state index in [4.69, 9.17) is 10.5 Å². The fraction of sp³-hybridized carbons (Fsp3) is 0.154. The predicted octanol–water partition coefficient (Wildman–Crippen LogP) is 3.78. The molecule has 0 saturated carbocycles. The summed E-state index contributed by atoms with van der Waals surface area (Å²) in [5, 5.41) is 0. The Kier molecular flexibility index (Phi) is 3.33. The van der Waals surface area contributed by atoms with Crippen molar-refractivity contribution in [1.82, 2.24) is 4.98 Å². The maximum Gasteiger partial charge on any atom is 0.416 e. The lowest BCUT2D eigenvalue weighted by Gasteiger charge is -2.11. The van der Waals surface area contributed by atoms with Gasteiger partial charge in [-0.2, -0.15) is 13.2 Å². The highest BCUT2D eigenvalue weighted by molar-refractivity contribution is 5.55. The van der Waals surface area contributed by atoms with Crippen molar-refractivity contribution in [1.29, 1.82) is 0 Å². The maximum atomic E-state index is 12.6. The molecule has 19 heavy (non-hydrogen) atoms. The van der Waals surface area contributed by atoms with E-state index in [0.717, 1.165) is 17.7 Å². The van der Waals surface area contributed by atoms with Gasteiger partial charge in [-0.15, -0.1) is 0 Å². The quantitative estimate of drug-likeness (QED) is 0.901. The molecule has 0 spiro atoms. The Morgan fingerprint density at radius 1 is 1.21 bits per heavy atom. The molecular formula is C13H11F3N2O. The average Bonchev–Trinajstić information content (AvgIpc) is 2.34. The van der Waals surface area contributed by atoms with E-state index in [9.17, 15) is 13.2 Å². The summed E-state index contributed by atoms with van der Waals surface area (Å²) in [5.74, 6) is 0.138. The number of benzene rings is 1. The largest absolute Gasteiger partial charge is 0.437 e. The van der Waals surface area contributed by atoms with Crippen LogP contribution in [0.25, 0.3) is 0 Å². The van der Waals surface area contributed by atoms with Crippen LogP contribution in [0, 0.1) is 6.92 Å². The average molecular weight is 268 g/mol. The molecule has 0 saturated heterocycles. The summed E-state index contributed by atoms with van der Waals surface area (Å²) in [4.78, 5) is 3.90. The predicted molar refractivity (Wildman–Crippen MR) is 64.9 cm³/mol. The molecule has 0 radical (unpaired) electrons. The molecular weight excluding hydrogens is 257 g/mol. The zero-order chi connectivity index (χ0) is 14.0. The van der Waals surface area contributed by atoms with Crippen molar-refractivity contribution >= 4 is 5.69 Å². The third kappa shape index (κ3) is 2.96. The summed E-state index contributed by atoms with van der Waals surface area (Å²) < 4.78 is 43.0. The Hall–Kier alpha value is -2.24. The molecule has 0 amide bonds. The summed E-state index contributed by atoms with van der Waals surface area (Å²) in [6.07, 6.45) is -2.93. The molecule has 2 rings (SSSR count). The van der Waals surface area contributed by atoms with Gasteiger partial charge in [0, 0.05) is 6.20 Å². The van der Waals surface area contributed by atoms with Crippen LogP contribution in [0.4, 0.5) is 18.9 Å². The van der Waals surface area contributed by atoms with Crippen molar-refractivity contribution in [3.05, 3.63) is 47.7 Å². The van der Waals surface area contributed by atoms with E-state index in [-0.39, 0.29) is 11.6 Å². The fourth-order valence-corrected chi connectivity index (χ4v) is 1.47. The molecule has 2 N–H and O–H groups in total. The first-order valence-electron chi connectivity index (χ1n) is 5.44. The number of halogens is 3. The van der Waals surface area contributed by atoms with Crippen LogP contribution in [0.3, 0.4) is 0 Å². The zero-order valence-corrected chi connectivity index (χ0v) is 10.0. The Balaban J connectivity index is 2.31. The molecule has 3 nitrogen and oxygen atoms in total. The van der Waals surface area contributed by atoms with Gasteiger partial charge in [-0.1, -0.05) is 6.07 Å². The van der Waals surface area contributed by atoms with Crippen LogP contribution in [-0.2, 0) is 6.18 Å². The van der Waals surface area contributed by atoms with Crippen molar-refractivity contribution in [2.24, 2.45) is 0 Å². The molecule has 0 aliphatic rings. The van der Waals surface area contributed by atoms with Gasteiger partial charge in [0.05, 0.1) is 11.3 Å². The van der Waals surface area contributed by atoms with Crippen LogP contribution in [0.5, 0.6) is 11.6 Å². The Morgan fingerprint density at radius 3 is 2.63 bits per heavy atom. The molecule has 6 heteroatoms. The second kappa shape index (κ2) is 4.79. The van der Waals surface area contributed by atoms with Crippen molar-refractivity contribution < 1.29 is 17.9 Å². The van der Waals surface area contributed by atoms with Crippen molar-refractivity contribution in [2.45, 2.75) is 13.1 Å². The number of nitrogen functional groups attached to an aromatic ring is 1. The molecule has 0 bridgehead atoms. The topological polar surface area (TPSA) is 48.1 Å². The van der Waals surface area contributed by atoms with Crippen molar-refractivity contribution in [2.75, 3.05) is 5.73 Å². The van der Waals surface area contributed by atoms with Gasteiger partial charge in [-0.05, 0) is 36.8 Å². The number of anilines is 1. The molecule has 0 unspecified atom stereocenters. The number of nitrogens with zero attached hydrogens (tertiary/aromatic N) is 1. The van der Waals surface area contributed by atoms with Crippen molar-refractivity contribution in [3.63, 3.8) is 0 Å². The Bertz CT molecular complexity index is 597. The van der Waals surface area contributed by atoms with Crippen LogP contribution in [0.1, 0.15) is 11.1 Å². The van der Waals surface area contributed by atoms with E-state index in [0.29, 0.717) is 5.69 Å². The van der Waals surface area contributed by atoms with Gasteiger partial charge in [0.15, 0.2) is 0 Å². The lowest BCUT2D eigenvalue weighted by molar-refractivity contribution is -0.137. The highest BCUT2D eigenvalue weighted by Crippen LogP contribution is 2.33. The van der Waals surface area contributed by atoms with Crippen LogP contribution >= 0.6 is 0 Å². The second-order valence-electron chi connectivity index (χ2n) is 3.97. The van der Waals surface area contributed by atoms with Crippen LogP contribution in [-0.4, -0.2) is 4.98 Å². The number of aromatic nitrogens is 1. The zero-order valence-electron chi connectivity index (χ0n) is 10.0. The van der Waals surface area contributed by atoms with E-state index in [1.807, 2.05) is 0 Å². The molecule has 0 atom stereocenters. The van der Waals surface area contributed by atoms with Gasteiger partial charge in [-0.25, -0.2) is 4.98 Å². The minimum absolute atomic E-state index is 0.0413. The maximum absolute atomic E-state index is 12.6. The summed E-state index contributed by atoms with van der Waals surface area (Å²) in [6.45, 7) is 1.76. The van der Waals surface area contributed by atoms with Crippen molar-refractivity contribution in [3.8, 4) is 11.6 Å². The fourth-order valence-electron chi connectivity index (χ4n) is 1.47. The summed E-state index contributed by atoms with van der Waals surface area (Å²) in [5.41, 5.74) is 6.02. The SMILES string of the molecule is Cc1ccnc(Oc2cccc(C(F)(F)F)c2)c1N. The highest BCUT2D eigenvalue weighted by Gasteiger charge is 2.30. The summed E-state index contributed by atoms with van der Waals surface area (Å²) >= 11 is 0. The van der Waals surface area contributed by atoms with Gasteiger partial charge in [-0.3, -0.25) is 0 Å². The van der Waals surface area contributed by atoms with Gasteiger partial charge in [0.25, 0.3) is 0 Å². The van der Waals surface area contributed by atoms with E-state index in [1.54, 1.807) is 13.0 Å². The minimum Gasteiger partial charge on any atom is -0.437 e. The minimum atomic E-state index is -4.41. The second-order valence-corrected chi connectivity index (χ2v) is 3.97. The number of rotatable bonds is 2. The monoisotopic (exact) mass is 268 g/mol. The van der Waals surface area contributed by atoms with E-state index < -0.39 is 11.7 Å². The first-order valence-corrected chi connectivity index (χ1v) is 5.44. The van der Waals surface area contributed by atoms with Gasteiger partial charge in [0.1, 0.15) is 5.75 Å². The number of alkyl halides is 3. The third-order valence-corrected chi connectivity index (χ3v) is 2.55. The lowest BCUT2D eigenvalue weighted by atomic mass is 10.2. The molecule has 1 aromatic carbocycles. The Labute approximate surface area is 107 Å². The van der Waals surface area contributed by atoms with Gasteiger partial charge >= 0.3 is 6.18 Å². The molecule has 100 valence electrons. The normalized spacial score (nSPS) is 11.4. The lowest BCUT2D eigenvalue weighted by Crippen LogP contribution is -2.05. The van der Waals surface area contributed by atoms with Gasteiger partial charge in [0.2, 0.25) is 5.88 Å². The molecule has 1 aromatic heterocycles. The molecule has 1 heterocycles. The third-order valence-electron chi connectivity index (χ3n) is 2.55. The summed E-state index contributed by atoms with van der Waals surface area (Å²) in [7, 11) is 0. The number of pyridine rings is 1. The van der Waals surface area contributed by atoms with Crippen LogP contribution in [0.15, 0.2) is 36.5 Å². The number of hydrogen-bond donors (Lipinski definition) is 1. The first-order chi connectivity index (χ1) is 8.88.